The predicted octanol–water partition coefficient (Wildman–Crippen LogP) is 5.11. The monoisotopic (exact) mass is 847 g/mol. The summed E-state index contributed by atoms with van der Waals surface area (Å²) in [7, 11) is 0. The number of carbonyl (C=O) groups is 6. The van der Waals surface area contributed by atoms with E-state index in [1.54, 1.807) is 102 Å². The summed E-state index contributed by atoms with van der Waals surface area (Å²) in [5.41, 5.74) is -6.04. The zero-order chi connectivity index (χ0) is 44.9. The van der Waals surface area contributed by atoms with E-state index in [1.165, 1.54) is 6.92 Å². The number of carbonyl (C=O) groups excluding carboxylic acids is 6. The molecule has 3 aliphatic carbocycles. The van der Waals surface area contributed by atoms with Crippen molar-refractivity contribution in [3.63, 3.8) is 0 Å². The number of hydrogen-bond acceptors (Lipinski definition) is 14. The highest BCUT2D eigenvalue weighted by Gasteiger charge is 2.78. The largest absolute Gasteiger partial charge is 0.456 e. The van der Waals surface area contributed by atoms with Gasteiger partial charge in [-0.25, -0.2) is 14.4 Å². The maximum Gasteiger partial charge on any atom is 0.408 e. The highest BCUT2D eigenvalue weighted by molar-refractivity contribution is 5.89. The van der Waals surface area contributed by atoms with E-state index < -0.39 is 107 Å². The topological polar surface area (TPSA) is 210 Å². The van der Waals surface area contributed by atoms with Gasteiger partial charge >= 0.3 is 30.0 Å². The van der Waals surface area contributed by atoms with E-state index in [2.05, 4.69) is 5.32 Å². The standard InChI is InChI=1S/C46H57NO14/c1-25-31(58-40(53)36(51)35(28-16-12-10-13-17-28)47-41(54)61-42(4,5)6)22-46(55,43(7,8)34(25)32(23-48)57-26(2)49)38(59-39(52)29-18-14-11-15-19-29)37-44(9)21-30(44)20-33-45(37,24-56-33)60-27(3)50/h10-19,23,30-33,35-38,51,55H,20-22,24H2,1-9H3,(H,47,54)/t30-,31+,32+,33-,35+,36-,37+,38+,44+,45+,46-/m1/s1. The molecule has 15 heteroatoms. The maximum absolute atomic E-state index is 14.3. The molecule has 0 unspecified atom stereocenters. The van der Waals surface area contributed by atoms with Crippen molar-refractivity contribution in [3.8, 4) is 0 Å². The summed E-state index contributed by atoms with van der Waals surface area (Å²) in [5.74, 6) is -4.32. The van der Waals surface area contributed by atoms with Gasteiger partial charge in [0.15, 0.2) is 24.1 Å². The van der Waals surface area contributed by atoms with Gasteiger partial charge in [-0.3, -0.25) is 14.4 Å². The number of aliphatic hydroxyl groups excluding tert-OH is 1. The van der Waals surface area contributed by atoms with Crippen molar-refractivity contribution < 1.29 is 67.4 Å². The van der Waals surface area contributed by atoms with Crippen molar-refractivity contribution in [1.82, 2.24) is 5.32 Å². The van der Waals surface area contributed by atoms with E-state index in [0.717, 1.165) is 6.92 Å². The highest BCUT2D eigenvalue weighted by atomic mass is 16.6. The molecule has 1 saturated heterocycles. The fraction of sp³-hybridized carbons (Fsp3) is 0.565. The molecule has 4 aliphatic rings. The van der Waals surface area contributed by atoms with Crippen LogP contribution in [0.2, 0.25) is 0 Å². The first-order valence-corrected chi connectivity index (χ1v) is 20.6. The van der Waals surface area contributed by atoms with Gasteiger partial charge in [0.05, 0.1) is 18.2 Å². The van der Waals surface area contributed by atoms with Crippen LogP contribution < -0.4 is 5.32 Å². The minimum Gasteiger partial charge on any atom is -0.456 e. The fourth-order valence-corrected chi connectivity index (χ4v) is 10.1. The molecule has 3 fully saturated rings. The molecular formula is C46H57NO14. The molecular weight excluding hydrogens is 790 g/mol. The van der Waals surface area contributed by atoms with Crippen molar-refractivity contribution in [1.29, 1.82) is 0 Å². The van der Waals surface area contributed by atoms with Crippen molar-refractivity contribution in [2.45, 2.75) is 135 Å². The van der Waals surface area contributed by atoms with Crippen LogP contribution in [0.1, 0.15) is 104 Å². The van der Waals surface area contributed by atoms with Crippen LogP contribution in [-0.2, 0) is 47.6 Å². The molecule has 330 valence electrons. The number of alkyl carbamates (subject to hydrolysis) is 1. The third kappa shape index (κ3) is 8.56. The van der Waals surface area contributed by atoms with Crippen molar-refractivity contribution >= 4 is 36.3 Å². The molecule has 15 nitrogen and oxygen atoms in total. The van der Waals surface area contributed by atoms with Crippen LogP contribution in [0, 0.1) is 22.7 Å². The second-order valence-electron chi connectivity index (χ2n) is 18.6. The number of ether oxygens (including phenoxy) is 6. The normalized spacial score (nSPS) is 30.6. The van der Waals surface area contributed by atoms with E-state index in [1.807, 2.05) is 6.92 Å². The molecule has 11 atom stereocenters. The number of aliphatic hydroxyl groups is 2. The molecule has 2 saturated carbocycles. The summed E-state index contributed by atoms with van der Waals surface area (Å²) in [6.45, 7) is 14.1. The smallest absolute Gasteiger partial charge is 0.408 e. The first-order chi connectivity index (χ1) is 28.5. The van der Waals surface area contributed by atoms with Crippen molar-refractivity contribution in [2.75, 3.05) is 6.61 Å². The Labute approximate surface area is 355 Å². The maximum atomic E-state index is 14.3. The summed E-state index contributed by atoms with van der Waals surface area (Å²) in [4.78, 5) is 80.0. The first kappa shape index (κ1) is 45.4. The zero-order valence-corrected chi connectivity index (χ0v) is 36.1. The predicted molar refractivity (Wildman–Crippen MR) is 216 cm³/mol. The molecule has 61 heavy (non-hydrogen) atoms. The van der Waals surface area contributed by atoms with Gasteiger partial charge in [0.1, 0.15) is 29.5 Å². The molecule has 0 spiro atoms. The average molecular weight is 848 g/mol. The van der Waals surface area contributed by atoms with Gasteiger partial charge in [0, 0.05) is 31.6 Å². The Bertz CT molecular complexity index is 2060. The summed E-state index contributed by atoms with van der Waals surface area (Å²) >= 11 is 0. The van der Waals surface area contributed by atoms with Gasteiger partial charge < -0.3 is 44.0 Å². The third-order valence-corrected chi connectivity index (χ3v) is 13.1. The number of esters is 4. The number of benzene rings is 2. The Morgan fingerprint density at radius 1 is 0.918 bits per heavy atom. The van der Waals surface area contributed by atoms with Gasteiger partial charge in [-0.2, -0.15) is 0 Å². The summed E-state index contributed by atoms with van der Waals surface area (Å²) in [5, 5.41) is 28.0. The number of amides is 1. The van der Waals surface area contributed by atoms with Crippen LogP contribution in [0.5, 0.6) is 0 Å². The lowest BCUT2D eigenvalue weighted by atomic mass is 9.52. The van der Waals surface area contributed by atoms with Crippen molar-refractivity contribution in [2.24, 2.45) is 22.7 Å². The van der Waals surface area contributed by atoms with Crippen LogP contribution in [0.3, 0.4) is 0 Å². The summed E-state index contributed by atoms with van der Waals surface area (Å²) in [6, 6.07) is 15.0. The molecule has 1 aliphatic heterocycles. The SMILES string of the molecule is CC(=O)O[C@@H](C=O)C1=C(C)[C@@H](OC(=O)[C@H](O)[C@@H](NC(=O)OC(C)(C)C)c2ccccc2)C[C@@](O)([C@@H](OC(=O)c2ccccc2)[C@H]2[C@@]3(C)C[C@H]3C[C@H]3OC[C@]32OC(C)=O)C1(C)C. The van der Waals surface area contributed by atoms with E-state index >= 15 is 0 Å². The summed E-state index contributed by atoms with van der Waals surface area (Å²) in [6.07, 6.45) is -7.06. The lowest BCUT2D eigenvalue weighted by Crippen LogP contribution is -2.75. The quantitative estimate of drug-likeness (QED) is 0.104. The minimum atomic E-state index is -2.29. The van der Waals surface area contributed by atoms with E-state index in [-0.39, 0.29) is 29.2 Å². The third-order valence-electron chi connectivity index (χ3n) is 13.1. The number of rotatable bonds is 13. The fourth-order valence-electron chi connectivity index (χ4n) is 10.1. The Kier molecular flexibility index (Phi) is 12.4. The van der Waals surface area contributed by atoms with Crippen LogP contribution >= 0.6 is 0 Å². The number of aldehydes is 1. The van der Waals surface area contributed by atoms with E-state index in [9.17, 15) is 39.0 Å². The molecule has 0 radical (unpaired) electrons. The second kappa shape index (κ2) is 16.6. The molecule has 3 N–H and O–H groups in total. The number of nitrogens with one attached hydrogen (secondary N) is 1. The molecule has 6 rings (SSSR count). The highest BCUT2D eigenvalue weighted by Crippen LogP contribution is 2.72. The zero-order valence-electron chi connectivity index (χ0n) is 36.1. The molecule has 2 aromatic rings. The first-order valence-electron chi connectivity index (χ1n) is 20.6. The molecule has 0 aromatic heterocycles. The van der Waals surface area contributed by atoms with Gasteiger partial charge in [-0.1, -0.05) is 69.3 Å². The van der Waals surface area contributed by atoms with Gasteiger partial charge in [0.25, 0.3) is 0 Å². The number of fused-ring (bicyclic) bond motifs is 2. The van der Waals surface area contributed by atoms with Crippen LogP contribution in [-0.4, -0.2) is 100 Å². The van der Waals surface area contributed by atoms with Crippen LogP contribution in [0.4, 0.5) is 4.79 Å². The van der Waals surface area contributed by atoms with Crippen LogP contribution in [0.25, 0.3) is 0 Å². The Morgan fingerprint density at radius 2 is 1.54 bits per heavy atom. The molecule has 0 bridgehead atoms. The second-order valence-corrected chi connectivity index (χ2v) is 18.6. The minimum absolute atomic E-state index is 0.0383. The number of hydrogen-bond donors (Lipinski definition) is 3. The van der Waals surface area contributed by atoms with Gasteiger partial charge in [-0.15, -0.1) is 0 Å². The van der Waals surface area contributed by atoms with Gasteiger partial charge in [0.2, 0.25) is 0 Å². The molecule has 1 heterocycles. The van der Waals surface area contributed by atoms with Gasteiger partial charge in [-0.05, 0) is 80.7 Å². The van der Waals surface area contributed by atoms with Crippen molar-refractivity contribution in [3.05, 3.63) is 82.9 Å². The van der Waals surface area contributed by atoms with E-state index in [0.29, 0.717) is 24.7 Å². The Morgan fingerprint density at radius 3 is 2.08 bits per heavy atom. The molecule has 1 amide bonds. The Hall–Kier alpha value is -5.12. The Balaban J connectivity index is 1.49. The lowest BCUT2D eigenvalue weighted by molar-refractivity contribution is -0.322. The average Bonchev–Trinajstić information content (AvgIpc) is 3.85. The van der Waals surface area contributed by atoms with Crippen LogP contribution in [0.15, 0.2) is 71.8 Å². The summed E-state index contributed by atoms with van der Waals surface area (Å²) < 4.78 is 35.8. The lowest BCUT2D eigenvalue weighted by Gasteiger charge is -2.62. The molecule has 2 aromatic carbocycles. The van der Waals surface area contributed by atoms with E-state index in [4.69, 9.17) is 28.4 Å².